The van der Waals surface area contributed by atoms with Crippen LogP contribution in [0.15, 0.2) is 23.4 Å². The normalized spacial score (nSPS) is 15.5. The first-order valence-electron chi connectivity index (χ1n) is 6.75. The van der Waals surface area contributed by atoms with Gasteiger partial charge in [0.15, 0.2) is 6.61 Å². The number of carbonyl (C=O) groups excluding carboxylic acids is 1. The van der Waals surface area contributed by atoms with Crippen molar-refractivity contribution in [3.63, 3.8) is 0 Å². The van der Waals surface area contributed by atoms with Crippen LogP contribution in [0, 0.1) is 0 Å². The molecule has 0 heterocycles. The topological polar surface area (TPSA) is 62.1 Å². The molecule has 108 valence electrons. The third-order valence-corrected chi connectivity index (χ3v) is 3.67. The number of carbonyl (C=O) groups is 1. The molecular formula is C15H20N2O3. The molecule has 0 atom stereocenters. The first-order valence-corrected chi connectivity index (χ1v) is 6.75. The van der Waals surface area contributed by atoms with Crippen LogP contribution in [0.4, 0.5) is 0 Å². The number of rotatable bonds is 4. The Morgan fingerprint density at radius 2 is 2.20 bits per heavy atom. The summed E-state index contributed by atoms with van der Waals surface area (Å²) in [7, 11) is 1.77. The number of likely N-dealkylation sites (N-methyl/N-ethyl adjacent to an activating group) is 1. The zero-order chi connectivity index (χ0) is 14.7. The van der Waals surface area contributed by atoms with Gasteiger partial charge < -0.3 is 14.8 Å². The van der Waals surface area contributed by atoms with E-state index in [1.165, 1.54) is 0 Å². The SMILES string of the molecule is CC(C)N(C)C(=O)COc1ccc2c(c1)CC/C2=N\O. The third kappa shape index (κ3) is 2.92. The van der Waals surface area contributed by atoms with Gasteiger partial charge >= 0.3 is 0 Å². The van der Waals surface area contributed by atoms with Crippen molar-refractivity contribution >= 4 is 11.6 Å². The van der Waals surface area contributed by atoms with Gasteiger partial charge in [0.05, 0.1) is 5.71 Å². The van der Waals surface area contributed by atoms with Gasteiger partial charge in [-0.1, -0.05) is 5.16 Å². The predicted molar refractivity (Wildman–Crippen MR) is 76.5 cm³/mol. The van der Waals surface area contributed by atoms with Gasteiger partial charge in [-0.05, 0) is 50.5 Å². The molecule has 20 heavy (non-hydrogen) atoms. The number of hydrogen-bond acceptors (Lipinski definition) is 4. The van der Waals surface area contributed by atoms with Crippen molar-refractivity contribution in [1.82, 2.24) is 4.90 Å². The Bertz CT molecular complexity index is 538. The van der Waals surface area contributed by atoms with Crippen LogP contribution in [0.5, 0.6) is 5.75 Å². The molecule has 5 nitrogen and oxygen atoms in total. The Kier molecular flexibility index (Phi) is 4.27. The van der Waals surface area contributed by atoms with Gasteiger partial charge in [-0.15, -0.1) is 0 Å². The maximum atomic E-state index is 11.8. The van der Waals surface area contributed by atoms with E-state index in [0.717, 1.165) is 24.0 Å². The van der Waals surface area contributed by atoms with E-state index in [1.807, 2.05) is 26.0 Å². The molecule has 0 saturated heterocycles. The van der Waals surface area contributed by atoms with E-state index < -0.39 is 0 Å². The molecule has 1 aromatic carbocycles. The van der Waals surface area contributed by atoms with Gasteiger partial charge in [0.1, 0.15) is 5.75 Å². The number of hydrogen-bond donors (Lipinski definition) is 1. The summed E-state index contributed by atoms with van der Waals surface area (Å²) in [5, 5.41) is 12.2. The van der Waals surface area contributed by atoms with Crippen LogP contribution in [0.1, 0.15) is 31.4 Å². The lowest BCUT2D eigenvalue weighted by molar-refractivity contribution is -0.133. The molecule has 0 radical (unpaired) electrons. The van der Waals surface area contributed by atoms with Gasteiger partial charge in [-0.25, -0.2) is 0 Å². The monoisotopic (exact) mass is 276 g/mol. The smallest absolute Gasteiger partial charge is 0.260 e. The van der Waals surface area contributed by atoms with Crippen LogP contribution in [0.25, 0.3) is 0 Å². The quantitative estimate of drug-likeness (QED) is 0.676. The van der Waals surface area contributed by atoms with Crippen LogP contribution < -0.4 is 4.74 Å². The molecule has 0 aromatic heterocycles. The number of aryl methyl sites for hydroxylation is 1. The lowest BCUT2D eigenvalue weighted by Gasteiger charge is -2.21. The van der Waals surface area contributed by atoms with Crippen molar-refractivity contribution in [2.45, 2.75) is 32.7 Å². The summed E-state index contributed by atoms with van der Waals surface area (Å²) < 4.78 is 5.54. The van der Waals surface area contributed by atoms with Gasteiger partial charge in [-0.3, -0.25) is 4.79 Å². The number of nitrogens with zero attached hydrogens (tertiary/aromatic N) is 2. The minimum Gasteiger partial charge on any atom is -0.484 e. The highest BCUT2D eigenvalue weighted by Gasteiger charge is 2.19. The lowest BCUT2D eigenvalue weighted by atomic mass is 10.1. The highest BCUT2D eigenvalue weighted by molar-refractivity contribution is 6.04. The van der Waals surface area contributed by atoms with Gasteiger partial charge in [0.25, 0.3) is 5.91 Å². The fourth-order valence-electron chi connectivity index (χ4n) is 2.17. The van der Waals surface area contributed by atoms with Crippen LogP contribution in [-0.2, 0) is 11.2 Å². The molecule has 0 spiro atoms. The Morgan fingerprint density at radius 1 is 1.45 bits per heavy atom. The molecule has 1 aliphatic carbocycles. The molecule has 2 rings (SSSR count). The summed E-state index contributed by atoms with van der Waals surface area (Å²) in [4.78, 5) is 13.5. The summed E-state index contributed by atoms with van der Waals surface area (Å²) in [5.74, 6) is 0.631. The van der Waals surface area contributed by atoms with Crippen molar-refractivity contribution in [1.29, 1.82) is 0 Å². The molecule has 1 aromatic rings. The van der Waals surface area contributed by atoms with Crippen molar-refractivity contribution in [2.24, 2.45) is 5.16 Å². The van der Waals surface area contributed by atoms with E-state index in [9.17, 15) is 4.79 Å². The number of oxime groups is 1. The molecule has 0 bridgehead atoms. The zero-order valence-corrected chi connectivity index (χ0v) is 12.1. The van der Waals surface area contributed by atoms with E-state index in [4.69, 9.17) is 9.94 Å². The fraction of sp³-hybridized carbons (Fsp3) is 0.467. The summed E-state index contributed by atoms with van der Waals surface area (Å²) >= 11 is 0. The minimum absolute atomic E-state index is 0.0361. The van der Waals surface area contributed by atoms with Gasteiger partial charge in [-0.2, -0.15) is 0 Å². The molecule has 0 fully saturated rings. The molecule has 1 aliphatic rings. The van der Waals surface area contributed by atoms with E-state index in [1.54, 1.807) is 18.0 Å². The molecule has 1 N–H and O–H groups in total. The van der Waals surface area contributed by atoms with Crippen LogP contribution in [-0.4, -0.2) is 41.4 Å². The second-order valence-electron chi connectivity index (χ2n) is 5.25. The second-order valence-corrected chi connectivity index (χ2v) is 5.25. The van der Waals surface area contributed by atoms with E-state index in [2.05, 4.69) is 5.16 Å². The average molecular weight is 276 g/mol. The maximum Gasteiger partial charge on any atom is 0.260 e. The Labute approximate surface area is 118 Å². The number of fused-ring (bicyclic) bond motifs is 1. The van der Waals surface area contributed by atoms with Crippen molar-refractivity contribution in [3.05, 3.63) is 29.3 Å². The van der Waals surface area contributed by atoms with Crippen LogP contribution >= 0.6 is 0 Å². The van der Waals surface area contributed by atoms with Gasteiger partial charge in [0.2, 0.25) is 0 Å². The highest BCUT2D eigenvalue weighted by Crippen LogP contribution is 2.26. The van der Waals surface area contributed by atoms with E-state index in [0.29, 0.717) is 11.5 Å². The summed E-state index contributed by atoms with van der Waals surface area (Å²) in [5.41, 5.74) is 2.77. The van der Waals surface area contributed by atoms with Crippen molar-refractivity contribution in [3.8, 4) is 5.75 Å². The zero-order valence-electron chi connectivity index (χ0n) is 12.1. The van der Waals surface area contributed by atoms with Gasteiger partial charge in [0, 0.05) is 18.7 Å². The average Bonchev–Trinajstić information content (AvgIpc) is 2.85. The maximum absolute atomic E-state index is 11.8. The summed E-state index contributed by atoms with van der Waals surface area (Å²) in [6.07, 6.45) is 1.58. The fourth-order valence-corrected chi connectivity index (χ4v) is 2.17. The van der Waals surface area contributed by atoms with Crippen molar-refractivity contribution in [2.75, 3.05) is 13.7 Å². The Hall–Kier alpha value is -2.04. The molecular weight excluding hydrogens is 256 g/mol. The van der Waals surface area contributed by atoms with E-state index >= 15 is 0 Å². The third-order valence-electron chi connectivity index (χ3n) is 3.67. The summed E-state index contributed by atoms with van der Waals surface area (Å²) in [6.45, 7) is 3.96. The number of amides is 1. The minimum atomic E-state index is -0.0434. The Balaban J connectivity index is 2.01. The molecule has 0 unspecified atom stereocenters. The lowest BCUT2D eigenvalue weighted by Crippen LogP contribution is -2.36. The number of ether oxygens (including phenoxy) is 1. The standard InChI is InChI=1S/C15H20N2O3/c1-10(2)17(3)15(18)9-20-12-5-6-13-11(8-12)4-7-14(13)16-19/h5-6,8,10,19H,4,7,9H2,1-3H3/b16-14+. The molecule has 1 amide bonds. The molecule has 0 saturated carbocycles. The Morgan fingerprint density at radius 3 is 2.85 bits per heavy atom. The predicted octanol–water partition coefficient (Wildman–Crippen LogP) is 2.06. The largest absolute Gasteiger partial charge is 0.484 e. The van der Waals surface area contributed by atoms with Crippen LogP contribution in [0.2, 0.25) is 0 Å². The van der Waals surface area contributed by atoms with Crippen LogP contribution in [0.3, 0.4) is 0 Å². The highest BCUT2D eigenvalue weighted by atomic mass is 16.5. The first kappa shape index (κ1) is 14.4. The first-order chi connectivity index (χ1) is 9.52. The second kappa shape index (κ2) is 5.94. The van der Waals surface area contributed by atoms with Crippen molar-refractivity contribution < 1.29 is 14.7 Å². The summed E-state index contributed by atoms with van der Waals surface area (Å²) in [6, 6.07) is 5.76. The molecule has 0 aliphatic heterocycles. The van der Waals surface area contributed by atoms with E-state index in [-0.39, 0.29) is 18.6 Å². The number of benzene rings is 1. The molecule has 5 heteroatoms.